The van der Waals surface area contributed by atoms with Crippen LogP contribution in [-0.2, 0) is 5.54 Å². The van der Waals surface area contributed by atoms with E-state index in [4.69, 9.17) is 10.7 Å². The smallest absolute Gasteiger partial charge is 0.413 e. The molecule has 0 saturated heterocycles. The summed E-state index contributed by atoms with van der Waals surface area (Å²) in [5.41, 5.74) is 5.54. The van der Waals surface area contributed by atoms with Crippen molar-refractivity contribution in [3.8, 4) is 0 Å². The number of nitrogen functional groups attached to an aromatic ring is 1. The first kappa shape index (κ1) is 18.0. The molecule has 1 amide bonds. The minimum Gasteiger partial charge on any atom is -0.465 e. The highest BCUT2D eigenvalue weighted by molar-refractivity contribution is 8.13. The van der Waals surface area contributed by atoms with E-state index < -0.39 is 17.2 Å². The highest BCUT2D eigenvalue weighted by Gasteiger charge is 2.50. The van der Waals surface area contributed by atoms with Crippen molar-refractivity contribution in [2.24, 2.45) is 10.9 Å². The third-order valence-corrected chi connectivity index (χ3v) is 6.11. The lowest BCUT2D eigenvalue weighted by Crippen LogP contribution is -2.50. The van der Waals surface area contributed by atoms with Crippen molar-refractivity contribution in [1.82, 2.24) is 4.90 Å². The Bertz CT molecular complexity index is 732. The van der Waals surface area contributed by atoms with E-state index in [0.29, 0.717) is 22.8 Å². The number of carbonyl (C=O) groups is 1. The maximum atomic E-state index is 14.6. The van der Waals surface area contributed by atoms with Gasteiger partial charge in [-0.2, -0.15) is 0 Å². The van der Waals surface area contributed by atoms with Crippen LogP contribution in [0.25, 0.3) is 0 Å². The van der Waals surface area contributed by atoms with E-state index in [9.17, 15) is 14.3 Å². The third-order valence-electron chi connectivity index (χ3n) is 5.00. The lowest BCUT2D eigenvalue weighted by Gasteiger charge is -2.41. The largest absolute Gasteiger partial charge is 0.465 e. The topological polar surface area (TPSA) is 78.9 Å². The molecule has 136 valence electrons. The first-order valence-corrected chi connectivity index (χ1v) is 9.45. The van der Waals surface area contributed by atoms with Crippen LogP contribution in [0.3, 0.4) is 0 Å². The Morgan fingerprint density at radius 3 is 2.84 bits per heavy atom. The molecule has 0 radical (unpaired) electrons. The summed E-state index contributed by atoms with van der Waals surface area (Å²) < 4.78 is 14.6. The summed E-state index contributed by atoms with van der Waals surface area (Å²) in [4.78, 5) is 18.0. The predicted octanol–water partition coefficient (Wildman–Crippen LogP) is 4.28. The van der Waals surface area contributed by atoms with E-state index in [1.54, 1.807) is 12.1 Å². The van der Waals surface area contributed by atoms with Crippen LogP contribution in [0.1, 0.15) is 45.6 Å². The zero-order chi connectivity index (χ0) is 18.4. The number of anilines is 1. The van der Waals surface area contributed by atoms with Crippen LogP contribution in [0.15, 0.2) is 23.2 Å². The lowest BCUT2D eigenvalue weighted by atomic mass is 9.81. The number of amidine groups is 1. The van der Waals surface area contributed by atoms with Crippen molar-refractivity contribution in [1.29, 1.82) is 0 Å². The van der Waals surface area contributed by atoms with Crippen molar-refractivity contribution in [3.05, 3.63) is 29.6 Å². The molecule has 25 heavy (non-hydrogen) atoms. The number of nitrogens with two attached hydrogens (primary N) is 1. The summed E-state index contributed by atoms with van der Waals surface area (Å²) in [6.07, 6.45) is 1.57. The first-order valence-electron chi connectivity index (χ1n) is 8.46. The second kappa shape index (κ2) is 6.20. The Labute approximate surface area is 151 Å². The molecule has 0 bridgehead atoms. The van der Waals surface area contributed by atoms with E-state index in [-0.39, 0.29) is 11.7 Å². The second-order valence-electron chi connectivity index (χ2n) is 7.75. The molecule has 0 aromatic heterocycles. The van der Waals surface area contributed by atoms with Crippen molar-refractivity contribution in [3.63, 3.8) is 0 Å². The molecule has 1 aromatic rings. The van der Waals surface area contributed by atoms with E-state index >= 15 is 0 Å². The Kier molecular flexibility index (Phi) is 4.47. The number of halogens is 1. The normalized spacial score (nSPS) is 26.1. The number of benzene rings is 1. The van der Waals surface area contributed by atoms with E-state index in [2.05, 4.69) is 0 Å². The van der Waals surface area contributed by atoms with Gasteiger partial charge >= 0.3 is 6.09 Å². The van der Waals surface area contributed by atoms with Crippen LogP contribution in [0.4, 0.5) is 14.9 Å². The molecule has 0 spiro atoms. The fourth-order valence-electron chi connectivity index (χ4n) is 3.87. The number of amides is 1. The summed E-state index contributed by atoms with van der Waals surface area (Å²) in [5, 5.41) is 10.1. The maximum Gasteiger partial charge on any atom is 0.413 e. The molecular formula is C18H24FN3O2S. The minimum atomic E-state index is -1.04. The SMILES string of the molecule is CC(C)(C)N(C(=O)O)C1=NC2(c3cc(N)ccc3F)CCCC2CS1. The van der Waals surface area contributed by atoms with E-state index in [1.165, 1.54) is 22.7 Å². The highest BCUT2D eigenvalue weighted by Crippen LogP contribution is 2.52. The van der Waals surface area contributed by atoms with Crippen LogP contribution in [0, 0.1) is 11.7 Å². The van der Waals surface area contributed by atoms with Crippen LogP contribution in [0.5, 0.6) is 0 Å². The fraction of sp³-hybridized carbons (Fsp3) is 0.556. The van der Waals surface area contributed by atoms with Gasteiger partial charge in [-0.25, -0.2) is 9.18 Å². The summed E-state index contributed by atoms with van der Waals surface area (Å²) >= 11 is 1.45. The molecule has 1 aromatic carbocycles. The van der Waals surface area contributed by atoms with Gasteiger partial charge in [0, 0.05) is 22.5 Å². The molecule has 1 fully saturated rings. The van der Waals surface area contributed by atoms with Crippen molar-refractivity contribution in [2.75, 3.05) is 11.5 Å². The van der Waals surface area contributed by atoms with E-state index in [1.807, 2.05) is 20.8 Å². The summed E-state index contributed by atoms with van der Waals surface area (Å²) in [6, 6.07) is 4.58. The standard InChI is InChI=1S/C18H24FN3O2S/c1-17(2,3)22(16(23)24)15-21-18(8-4-5-11(18)10-25-15)13-9-12(20)6-7-14(13)19/h6-7,9,11H,4-5,8,10,20H2,1-3H3,(H,23,24). The van der Waals surface area contributed by atoms with Crippen LogP contribution < -0.4 is 5.73 Å². The summed E-state index contributed by atoms with van der Waals surface area (Å²) in [5.74, 6) is 0.592. The molecule has 2 aliphatic rings. The summed E-state index contributed by atoms with van der Waals surface area (Å²) in [6.45, 7) is 5.50. The Hall–Kier alpha value is -1.76. The van der Waals surface area contributed by atoms with Gasteiger partial charge < -0.3 is 10.8 Å². The van der Waals surface area contributed by atoms with Gasteiger partial charge in [0.1, 0.15) is 5.82 Å². The van der Waals surface area contributed by atoms with Gasteiger partial charge in [-0.05, 0) is 57.7 Å². The molecule has 7 heteroatoms. The van der Waals surface area contributed by atoms with Crippen molar-refractivity contribution < 1.29 is 14.3 Å². The molecular weight excluding hydrogens is 341 g/mol. The molecule has 1 aliphatic heterocycles. The number of nitrogens with zero attached hydrogens (tertiary/aromatic N) is 2. The number of thioether (sulfide) groups is 1. The minimum absolute atomic E-state index is 0.188. The number of hydrogen-bond acceptors (Lipinski definition) is 4. The lowest BCUT2D eigenvalue weighted by molar-refractivity contribution is 0.141. The molecule has 1 aliphatic carbocycles. The van der Waals surface area contributed by atoms with E-state index in [0.717, 1.165) is 18.6 Å². The predicted molar refractivity (Wildman–Crippen MR) is 99.3 cm³/mol. The Morgan fingerprint density at radius 1 is 1.48 bits per heavy atom. The van der Waals surface area contributed by atoms with Crippen LogP contribution >= 0.6 is 11.8 Å². The van der Waals surface area contributed by atoms with Gasteiger partial charge in [0.25, 0.3) is 0 Å². The molecule has 1 heterocycles. The monoisotopic (exact) mass is 365 g/mol. The van der Waals surface area contributed by atoms with Crippen molar-refractivity contribution >= 4 is 28.7 Å². The fourth-order valence-corrected chi connectivity index (χ4v) is 5.37. The summed E-state index contributed by atoms with van der Waals surface area (Å²) in [7, 11) is 0. The van der Waals surface area contributed by atoms with Gasteiger partial charge in [0.2, 0.25) is 0 Å². The Balaban J connectivity index is 2.15. The molecule has 2 atom stereocenters. The van der Waals surface area contributed by atoms with Gasteiger partial charge in [-0.15, -0.1) is 0 Å². The van der Waals surface area contributed by atoms with Gasteiger partial charge in [0.05, 0.1) is 5.54 Å². The van der Waals surface area contributed by atoms with Gasteiger partial charge in [-0.3, -0.25) is 9.89 Å². The number of fused-ring (bicyclic) bond motifs is 1. The average Bonchev–Trinajstić information content (AvgIpc) is 2.92. The zero-order valence-electron chi connectivity index (χ0n) is 14.8. The molecule has 2 unspecified atom stereocenters. The average molecular weight is 365 g/mol. The highest BCUT2D eigenvalue weighted by atomic mass is 32.2. The number of rotatable bonds is 1. The number of carboxylic acid groups (broad SMARTS) is 1. The maximum absolute atomic E-state index is 14.6. The molecule has 3 rings (SSSR count). The molecule has 3 N–H and O–H groups in total. The van der Waals surface area contributed by atoms with Gasteiger partial charge in [-0.1, -0.05) is 18.2 Å². The Morgan fingerprint density at radius 2 is 2.20 bits per heavy atom. The van der Waals surface area contributed by atoms with Crippen LogP contribution in [0.2, 0.25) is 0 Å². The van der Waals surface area contributed by atoms with Crippen LogP contribution in [-0.4, -0.2) is 32.6 Å². The molecule has 5 nitrogen and oxygen atoms in total. The molecule has 1 saturated carbocycles. The zero-order valence-corrected chi connectivity index (χ0v) is 15.6. The number of hydrogen-bond donors (Lipinski definition) is 2. The number of aliphatic imine (C=N–C) groups is 1. The van der Waals surface area contributed by atoms with Crippen molar-refractivity contribution in [2.45, 2.75) is 51.1 Å². The third kappa shape index (κ3) is 3.10. The quantitative estimate of drug-likeness (QED) is 0.728. The first-order chi connectivity index (χ1) is 11.6. The second-order valence-corrected chi connectivity index (χ2v) is 8.73. The van der Waals surface area contributed by atoms with Gasteiger partial charge in [0.15, 0.2) is 5.17 Å².